The van der Waals surface area contributed by atoms with Gasteiger partial charge in [-0.05, 0) is 172 Å². The summed E-state index contributed by atoms with van der Waals surface area (Å²) >= 11 is 0. The van der Waals surface area contributed by atoms with Gasteiger partial charge in [0.15, 0.2) is 5.78 Å². The van der Waals surface area contributed by atoms with E-state index in [9.17, 15) is 25.5 Å². The van der Waals surface area contributed by atoms with E-state index in [1.807, 2.05) is 20.9 Å². The zero-order chi connectivity index (χ0) is 54.5. The predicted octanol–water partition coefficient (Wildman–Crippen LogP) is 9.84. The summed E-state index contributed by atoms with van der Waals surface area (Å²) in [4.78, 5) is 34.6. The Morgan fingerprint density at radius 1 is 0.909 bits per heavy atom. The van der Waals surface area contributed by atoms with Crippen molar-refractivity contribution in [1.29, 1.82) is 0 Å². The van der Waals surface area contributed by atoms with Crippen LogP contribution in [0.25, 0.3) is 11.0 Å². The van der Waals surface area contributed by atoms with E-state index < -0.39 is 67.9 Å². The Bertz CT molecular complexity index is 2830. The highest BCUT2D eigenvalue weighted by molar-refractivity contribution is 6.02. The van der Waals surface area contributed by atoms with Gasteiger partial charge in [0.1, 0.15) is 11.9 Å². The van der Waals surface area contributed by atoms with E-state index in [0.717, 1.165) is 76.5 Å². The topological polar surface area (TPSA) is 190 Å². The monoisotopic (exact) mass is 1060 g/mol. The molecule has 7 fully saturated rings. The Morgan fingerprint density at radius 2 is 1.65 bits per heavy atom. The molecule has 6 aliphatic carbocycles. The maximum Gasteiger partial charge on any atom is 0.160 e. The zero-order valence-electron chi connectivity index (χ0n) is 47.9. The molecule has 14 atom stereocenters. The second kappa shape index (κ2) is 18.9. The number of allylic oxidation sites excluding steroid dienone is 1. The van der Waals surface area contributed by atoms with Crippen LogP contribution in [0.4, 0.5) is 0 Å². The van der Waals surface area contributed by atoms with E-state index in [4.69, 9.17) is 9.47 Å². The number of hydrogen-bond acceptors (Lipinski definition) is 10. The fourth-order valence-corrected chi connectivity index (χ4v) is 20.2. The van der Waals surface area contributed by atoms with Crippen molar-refractivity contribution < 1.29 is 44.6 Å². The molecule has 3 aromatic rings. The predicted molar refractivity (Wildman–Crippen MR) is 297 cm³/mol. The second-order valence-corrected chi connectivity index (χ2v) is 28.8. The van der Waals surface area contributed by atoms with Crippen LogP contribution in [0.15, 0.2) is 41.7 Å². The molecule has 3 aliphatic heterocycles. The lowest BCUT2D eigenvalue weighted by Crippen LogP contribution is -2.72. The SMILES string of the molecule is CNCC[C@]1(C)C(=O)C[C@]2(CC[C@H](O)C2)[C@@]2(C)[C@H]3[C@H](O)[C@H]4Cn5cc([C@H](CCO)c6cc(C7CCCCC7)cc(C7(O)CCOCC7)c6)c6[nH]cc(c65)CC[C@@](C)(C[C@@H](O)[C@H]5OC5(C)C)C5=C4[C@](C)(CC5=O)[C@@]3(C)CC[C@H]21. The van der Waals surface area contributed by atoms with Crippen LogP contribution in [0.3, 0.4) is 0 Å². The number of aliphatic hydroxyl groups excluding tert-OH is 4. The Labute approximate surface area is 457 Å². The van der Waals surface area contributed by atoms with Crippen LogP contribution >= 0.6 is 0 Å². The van der Waals surface area contributed by atoms with Crippen LogP contribution in [-0.4, -0.2) is 110 Å². The molecule has 7 N–H and O–H groups in total. The van der Waals surface area contributed by atoms with Crippen molar-refractivity contribution >= 4 is 22.6 Å². The average Bonchev–Trinajstić information content (AvgIpc) is 3.83. The van der Waals surface area contributed by atoms with Gasteiger partial charge in [0.2, 0.25) is 0 Å². The molecule has 0 amide bonds. The Balaban J connectivity index is 1.05. The molecule has 2 saturated heterocycles. The van der Waals surface area contributed by atoms with E-state index in [1.54, 1.807) is 0 Å². The summed E-state index contributed by atoms with van der Waals surface area (Å²) in [6, 6.07) is 6.86. The van der Waals surface area contributed by atoms with Crippen molar-refractivity contribution in [3.63, 3.8) is 0 Å². The third-order valence-corrected chi connectivity index (χ3v) is 24.5. The number of nitrogens with zero attached hydrogens (tertiary/aromatic N) is 1. The average molecular weight is 1060 g/mol. The van der Waals surface area contributed by atoms with Crippen LogP contribution in [0.2, 0.25) is 0 Å². The number of aromatic nitrogens is 2. The number of aryl methyl sites for hydroxylation is 1. The fourth-order valence-electron chi connectivity index (χ4n) is 20.2. The van der Waals surface area contributed by atoms with Gasteiger partial charge in [-0.3, -0.25) is 9.59 Å². The fraction of sp³-hybridized carbons (Fsp3) is 0.754. The number of nitrogens with one attached hydrogen (secondary N) is 2. The van der Waals surface area contributed by atoms with E-state index in [-0.39, 0.29) is 42.0 Å². The Kier molecular flexibility index (Phi) is 13.4. The molecule has 5 saturated carbocycles. The van der Waals surface area contributed by atoms with Gasteiger partial charge in [0, 0.05) is 98.2 Å². The zero-order valence-corrected chi connectivity index (χ0v) is 47.9. The molecule has 9 aliphatic rings. The molecule has 12 rings (SSSR count). The summed E-state index contributed by atoms with van der Waals surface area (Å²) in [6.07, 6.45) is 15.7. The number of aromatic amines is 1. The van der Waals surface area contributed by atoms with Crippen molar-refractivity contribution in [2.24, 2.45) is 50.2 Å². The third kappa shape index (κ3) is 8.06. The number of ether oxygens (including phenoxy) is 2. The number of aliphatic hydroxyl groups is 5. The maximum atomic E-state index is 15.8. The molecule has 422 valence electrons. The van der Waals surface area contributed by atoms with Crippen LogP contribution < -0.4 is 5.32 Å². The van der Waals surface area contributed by atoms with Crippen LogP contribution in [0.5, 0.6) is 0 Å². The lowest BCUT2D eigenvalue weighted by atomic mass is 9.30. The number of Topliss-reactive ketones (excluding diaryl/α,β-unsaturated/α-hetero) is 2. The molecular weight excluding hydrogens is 967 g/mol. The molecule has 0 bridgehead atoms. The van der Waals surface area contributed by atoms with Crippen molar-refractivity contribution in [3.8, 4) is 0 Å². The highest BCUT2D eigenvalue weighted by Crippen LogP contribution is 2.80. The van der Waals surface area contributed by atoms with Crippen LogP contribution in [-0.2, 0) is 37.6 Å². The van der Waals surface area contributed by atoms with Gasteiger partial charge in [-0.2, -0.15) is 0 Å². The highest BCUT2D eigenvalue weighted by Gasteiger charge is 2.77. The molecule has 5 heterocycles. The second-order valence-electron chi connectivity index (χ2n) is 28.8. The summed E-state index contributed by atoms with van der Waals surface area (Å²) in [5.74, 6) is -0.240. The van der Waals surface area contributed by atoms with Crippen molar-refractivity contribution in [2.45, 2.75) is 224 Å². The van der Waals surface area contributed by atoms with Gasteiger partial charge in [-0.15, -0.1) is 0 Å². The number of H-pyrrole nitrogens is 1. The molecule has 1 spiro atoms. The first-order chi connectivity index (χ1) is 36.5. The molecule has 77 heavy (non-hydrogen) atoms. The number of carbonyl (C=O) groups excluding carboxylic acids is 2. The van der Waals surface area contributed by atoms with Gasteiger partial charge in [-0.25, -0.2) is 0 Å². The van der Waals surface area contributed by atoms with Gasteiger partial charge in [0.05, 0.1) is 40.5 Å². The first-order valence-electron chi connectivity index (χ1n) is 30.4. The molecule has 2 aromatic heterocycles. The van der Waals surface area contributed by atoms with Gasteiger partial charge >= 0.3 is 0 Å². The number of carbonyl (C=O) groups is 2. The molecule has 0 radical (unpaired) electrons. The quantitative estimate of drug-likeness (QED) is 0.0860. The van der Waals surface area contributed by atoms with Crippen LogP contribution in [0.1, 0.15) is 204 Å². The molecule has 12 heteroatoms. The molecule has 12 nitrogen and oxygen atoms in total. The number of epoxide rings is 1. The minimum atomic E-state index is -1.01. The Hall–Kier alpha value is -3.20. The number of ketones is 2. The number of hydrogen-bond donors (Lipinski definition) is 7. The smallest absolute Gasteiger partial charge is 0.160 e. The van der Waals surface area contributed by atoms with Crippen LogP contribution in [0, 0.1) is 50.2 Å². The number of fused-ring (bicyclic) bond motifs is 5. The van der Waals surface area contributed by atoms with Gasteiger partial charge < -0.3 is 49.9 Å². The first-order valence-corrected chi connectivity index (χ1v) is 30.4. The summed E-state index contributed by atoms with van der Waals surface area (Å²) < 4.78 is 14.3. The lowest BCUT2D eigenvalue weighted by molar-refractivity contribution is -0.262. The standard InChI is InChI=1S/C65H93N3O9/c1-58(2)57(77-58)48(72)32-59(3)18-14-39-35-67-53-45(44(17-25-69)41-28-40(38-12-10-9-11-13-38)29-42(30-41)65(75)22-26-76-27-23-65)36-68(54(39)53)37-46-51-52(59)47(71)33-62(51,6)61(5)19-16-49-60(4,21-24-66-8)50(73)34-64(20-15-43(70)31-64)63(49,7)56(61)55(46)74/h28-30,35-36,38,43-44,46,48-49,55-57,66-67,69-70,72,74-75H,9-27,31-34,37H2,1-8H3/t43-,44+,46-,48+,49-,55+,56-,57+,59-,60-,61-,62-,63+,64+/m0/s1. The molecular formula is C65H93N3O9. The molecule has 0 unspecified atom stereocenters. The minimum Gasteiger partial charge on any atom is -0.396 e. The normalized spacial score (nSPS) is 40.4. The number of rotatable bonds is 12. The third-order valence-electron chi connectivity index (χ3n) is 24.5. The first kappa shape index (κ1) is 54.4. The van der Waals surface area contributed by atoms with Crippen molar-refractivity contribution in [3.05, 3.63) is 69.6 Å². The minimum absolute atomic E-state index is 0.0293. The van der Waals surface area contributed by atoms with Crippen molar-refractivity contribution in [1.82, 2.24) is 14.9 Å². The summed E-state index contributed by atoms with van der Waals surface area (Å²) in [5, 5.41) is 65.1. The summed E-state index contributed by atoms with van der Waals surface area (Å²) in [6.45, 7) is 17.7. The Morgan fingerprint density at radius 3 is 2.32 bits per heavy atom. The van der Waals surface area contributed by atoms with E-state index >= 15 is 9.59 Å². The van der Waals surface area contributed by atoms with E-state index in [0.29, 0.717) is 103 Å². The molecule has 1 aromatic carbocycles. The summed E-state index contributed by atoms with van der Waals surface area (Å²) in [7, 11) is 1.95. The highest BCUT2D eigenvalue weighted by atomic mass is 16.6. The number of benzene rings is 1. The lowest BCUT2D eigenvalue weighted by Gasteiger charge is -2.74. The largest absolute Gasteiger partial charge is 0.396 e. The van der Waals surface area contributed by atoms with E-state index in [2.05, 4.69) is 80.1 Å². The maximum absolute atomic E-state index is 15.8. The van der Waals surface area contributed by atoms with Crippen molar-refractivity contribution in [2.75, 3.05) is 33.4 Å². The van der Waals surface area contributed by atoms with Gasteiger partial charge in [0.25, 0.3) is 0 Å². The van der Waals surface area contributed by atoms with E-state index in [1.165, 1.54) is 24.8 Å². The van der Waals surface area contributed by atoms with Gasteiger partial charge in [-0.1, -0.05) is 72.1 Å². The summed E-state index contributed by atoms with van der Waals surface area (Å²) in [5.41, 5.74) is 4.30.